The number of rotatable bonds is 4. The van der Waals surface area contributed by atoms with E-state index in [-0.39, 0.29) is 11.4 Å². The molecule has 3 aromatic carbocycles. The molecule has 2 heterocycles. The number of hydrogen-bond donors (Lipinski definition) is 0. The summed E-state index contributed by atoms with van der Waals surface area (Å²) in [6.07, 6.45) is 0.987. The third-order valence-electron chi connectivity index (χ3n) is 5.46. The van der Waals surface area contributed by atoms with Gasteiger partial charge in [0.1, 0.15) is 23.0 Å². The van der Waals surface area contributed by atoms with Crippen LogP contribution in [0, 0.1) is 0 Å². The Hall–Kier alpha value is -2.87. The number of halogens is 1. The van der Waals surface area contributed by atoms with Crippen molar-refractivity contribution >= 4 is 49.5 Å². The van der Waals surface area contributed by atoms with Crippen LogP contribution in [0.5, 0.6) is 5.75 Å². The van der Waals surface area contributed by atoms with Crippen molar-refractivity contribution in [2.24, 2.45) is 0 Å². The summed E-state index contributed by atoms with van der Waals surface area (Å²) in [6.45, 7) is 0.260. The Bertz CT molecular complexity index is 1390. The number of carbonyl (C=O) groups is 1. The summed E-state index contributed by atoms with van der Waals surface area (Å²) in [5.74, 6) is -0.248. The SMILES string of the molecule is O=C(Oc1ccc2oc3ccccc3c2c1)[C@H]1CCCN1S(=O)(=O)c1ccc(Cl)cc1. The van der Waals surface area contributed by atoms with Crippen molar-refractivity contribution in [3.8, 4) is 5.75 Å². The Morgan fingerprint density at radius 3 is 2.55 bits per heavy atom. The molecule has 158 valence electrons. The van der Waals surface area contributed by atoms with Crippen molar-refractivity contribution in [3.05, 3.63) is 71.8 Å². The Morgan fingerprint density at radius 1 is 1.00 bits per heavy atom. The fourth-order valence-corrected chi connectivity index (χ4v) is 5.73. The third kappa shape index (κ3) is 3.59. The fraction of sp³-hybridized carbons (Fsp3) is 0.174. The lowest BCUT2D eigenvalue weighted by molar-refractivity contribution is -0.137. The number of para-hydroxylation sites is 1. The van der Waals surface area contributed by atoms with Crippen LogP contribution in [-0.4, -0.2) is 31.3 Å². The Labute approximate surface area is 184 Å². The first-order chi connectivity index (χ1) is 14.9. The Kier molecular flexibility index (Phi) is 4.97. The van der Waals surface area contributed by atoms with Crippen molar-refractivity contribution in [3.63, 3.8) is 0 Å². The standard InChI is InChI=1S/C23H18ClNO5S/c24-15-7-10-17(11-8-15)31(27,28)25-13-3-5-20(25)23(26)29-16-9-12-22-19(14-16)18-4-1-2-6-21(18)30-22/h1-2,4,6-12,14,20H,3,5,13H2/t20-/m1/s1. The smallest absolute Gasteiger partial charge is 0.329 e. The van der Waals surface area contributed by atoms with Crippen molar-refractivity contribution in [2.45, 2.75) is 23.8 Å². The van der Waals surface area contributed by atoms with E-state index in [0.717, 1.165) is 16.4 Å². The fourth-order valence-electron chi connectivity index (χ4n) is 3.96. The van der Waals surface area contributed by atoms with Crippen LogP contribution in [0.2, 0.25) is 5.02 Å². The van der Waals surface area contributed by atoms with Crippen molar-refractivity contribution in [1.82, 2.24) is 4.31 Å². The van der Waals surface area contributed by atoms with Gasteiger partial charge in [-0.2, -0.15) is 4.31 Å². The Balaban J connectivity index is 1.41. The van der Waals surface area contributed by atoms with Gasteiger partial charge in [-0.05, 0) is 61.4 Å². The summed E-state index contributed by atoms with van der Waals surface area (Å²) in [5, 5.41) is 2.19. The highest BCUT2D eigenvalue weighted by Crippen LogP contribution is 2.32. The molecule has 1 aliphatic heterocycles. The molecule has 0 amide bonds. The zero-order valence-corrected chi connectivity index (χ0v) is 17.9. The zero-order valence-electron chi connectivity index (χ0n) is 16.3. The lowest BCUT2D eigenvalue weighted by Gasteiger charge is -2.22. The maximum absolute atomic E-state index is 13.1. The number of sulfonamides is 1. The number of fused-ring (bicyclic) bond motifs is 3. The molecule has 0 radical (unpaired) electrons. The molecule has 6 nitrogen and oxygen atoms in total. The number of esters is 1. The van der Waals surface area contributed by atoms with Crippen LogP contribution in [0.3, 0.4) is 0 Å². The number of ether oxygens (including phenoxy) is 1. The minimum absolute atomic E-state index is 0.0999. The first-order valence-electron chi connectivity index (χ1n) is 9.84. The number of benzene rings is 3. The molecule has 1 atom stereocenters. The average molecular weight is 456 g/mol. The Morgan fingerprint density at radius 2 is 1.74 bits per heavy atom. The lowest BCUT2D eigenvalue weighted by Crippen LogP contribution is -2.42. The highest BCUT2D eigenvalue weighted by molar-refractivity contribution is 7.89. The number of nitrogens with zero attached hydrogens (tertiary/aromatic N) is 1. The highest BCUT2D eigenvalue weighted by atomic mass is 35.5. The van der Waals surface area contributed by atoms with Crippen LogP contribution >= 0.6 is 11.6 Å². The van der Waals surface area contributed by atoms with Crippen LogP contribution in [0.15, 0.2) is 76.0 Å². The summed E-state index contributed by atoms with van der Waals surface area (Å²) >= 11 is 5.87. The molecule has 1 fully saturated rings. The van der Waals surface area contributed by atoms with Crippen molar-refractivity contribution in [1.29, 1.82) is 0 Å². The molecular weight excluding hydrogens is 438 g/mol. The maximum Gasteiger partial charge on any atom is 0.329 e. The van der Waals surface area contributed by atoms with Gasteiger partial charge < -0.3 is 9.15 Å². The normalized spacial score (nSPS) is 17.4. The molecule has 0 spiro atoms. The highest BCUT2D eigenvalue weighted by Gasteiger charge is 2.40. The van der Waals surface area contributed by atoms with E-state index in [9.17, 15) is 13.2 Å². The zero-order chi connectivity index (χ0) is 21.6. The molecule has 1 aromatic heterocycles. The van der Waals surface area contributed by atoms with Crippen LogP contribution < -0.4 is 4.74 Å². The van der Waals surface area contributed by atoms with Gasteiger partial charge in [0.2, 0.25) is 10.0 Å². The second kappa shape index (κ2) is 7.67. The van der Waals surface area contributed by atoms with E-state index < -0.39 is 22.0 Å². The van der Waals surface area contributed by atoms with E-state index in [1.54, 1.807) is 18.2 Å². The topological polar surface area (TPSA) is 76.8 Å². The molecule has 8 heteroatoms. The van der Waals surface area contributed by atoms with E-state index >= 15 is 0 Å². The van der Waals surface area contributed by atoms with Gasteiger partial charge in [-0.15, -0.1) is 0 Å². The second-order valence-corrected chi connectivity index (χ2v) is 9.73. The first kappa shape index (κ1) is 20.1. The van der Waals surface area contributed by atoms with Gasteiger partial charge in [0.15, 0.2) is 0 Å². The van der Waals surface area contributed by atoms with Crippen LogP contribution in [-0.2, 0) is 14.8 Å². The van der Waals surface area contributed by atoms with E-state index in [1.165, 1.54) is 28.6 Å². The van der Waals surface area contributed by atoms with Crippen molar-refractivity contribution < 1.29 is 22.4 Å². The molecule has 0 unspecified atom stereocenters. The third-order valence-corrected chi connectivity index (χ3v) is 7.64. The summed E-state index contributed by atoms with van der Waals surface area (Å²) < 4.78 is 38.7. The predicted molar refractivity (Wildman–Crippen MR) is 118 cm³/mol. The summed E-state index contributed by atoms with van der Waals surface area (Å²) in [7, 11) is -3.84. The van der Waals surface area contributed by atoms with Gasteiger partial charge in [0.25, 0.3) is 0 Å². The molecule has 0 aliphatic carbocycles. The minimum Gasteiger partial charge on any atom is -0.456 e. The first-order valence-corrected chi connectivity index (χ1v) is 11.7. The van der Waals surface area contributed by atoms with Gasteiger partial charge in [-0.1, -0.05) is 29.8 Å². The number of hydrogen-bond acceptors (Lipinski definition) is 5. The molecule has 31 heavy (non-hydrogen) atoms. The molecule has 1 saturated heterocycles. The molecule has 4 aromatic rings. The molecule has 5 rings (SSSR count). The van der Waals surface area contributed by atoms with E-state index in [0.29, 0.717) is 29.2 Å². The number of furan rings is 1. The van der Waals surface area contributed by atoms with Gasteiger partial charge in [-0.25, -0.2) is 13.2 Å². The molecule has 0 bridgehead atoms. The molecular formula is C23H18ClNO5S. The molecule has 0 saturated carbocycles. The van der Waals surface area contributed by atoms with Crippen LogP contribution in [0.1, 0.15) is 12.8 Å². The summed E-state index contributed by atoms with van der Waals surface area (Å²) in [5.41, 5.74) is 1.44. The molecule has 0 N–H and O–H groups in total. The van der Waals surface area contributed by atoms with E-state index in [2.05, 4.69) is 0 Å². The summed E-state index contributed by atoms with van der Waals surface area (Å²) in [6, 6.07) is 17.8. The van der Waals surface area contributed by atoms with Gasteiger partial charge in [0.05, 0.1) is 4.90 Å². The minimum atomic E-state index is -3.84. The monoisotopic (exact) mass is 455 g/mol. The van der Waals surface area contributed by atoms with Crippen molar-refractivity contribution in [2.75, 3.05) is 6.54 Å². The average Bonchev–Trinajstić information content (AvgIpc) is 3.39. The van der Waals surface area contributed by atoms with Crippen LogP contribution in [0.25, 0.3) is 21.9 Å². The van der Waals surface area contributed by atoms with Crippen LogP contribution in [0.4, 0.5) is 0 Å². The predicted octanol–water partition coefficient (Wildman–Crippen LogP) is 5.00. The lowest BCUT2D eigenvalue weighted by atomic mass is 10.1. The largest absolute Gasteiger partial charge is 0.456 e. The molecule has 1 aliphatic rings. The quantitative estimate of drug-likeness (QED) is 0.320. The van der Waals surface area contributed by atoms with E-state index in [4.69, 9.17) is 20.8 Å². The second-order valence-electron chi connectivity index (χ2n) is 7.40. The van der Waals surface area contributed by atoms with E-state index in [1.807, 2.05) is 24.3 Å². The van der Waals surface area contributed by atoms with Gasteiger partial charge >= 0.3 is 5.97 Å². The van der Waals surface area contributed by atoms with Gasteiger partial charge in [-0.3, -0.25) is 0 Å². The summed E-state index contributed by atoms with van der Waals surface area (Å²) in [4.78, 5) is 13.0. The maximum atomic E-state index is 13.1. The number of carbonyl (C=O) groups excluding carboxylic acids is 1. The van der Waals surface area contributed by atoms with Gasteiger partial charge in [0, 0.05) is 22.3 Å².